The lowest BCUT2D eigenvalue weighted by Crippen LogP contribution is -2.40. The Morgan fingerprint density at radius 1 is 1.04 bits per heavy atom. The molecule has 5 nitrogen and oxygen atoms in total. The summed E-state index contributed by atoms with van der Waals surface area (Å²) >= 11 is 6.06. The Kier molecular flexibility index (Phi) is 5.44. The number of hydrogen-bond acceptors (Lipinski definition) is 3. The van der Waals surface area contributed by atoms with Crippen molar-refractivity contribution in [2.75, 3.05) is 4.72 Å². The van der Waals surface area contributed by atoms with Crippen LogP contribution in [0.3, 0.4) is 0 Å². The lowest BCUT2D eigenvalue weighted by molar-refractivity contribution is 0.0919. The first-order chi connectivity index (χ1) is 11.5. The van der Waals surface area contributed by atoms with Gasteiger partial charge in [-0.15, -0.1) is 0 Å². The zero-order chi connectivity index (χ0) is 18.8. The van der Waals surface area contributed by atoms with Gasteiger partial charge in [0.15, 0.2) is 0 Å². The number of anilines is 1. The van der Waals surface area contributed by atoms with Gasteiger partial charge in [0, 0.05) is 16.8 Å². The SMILES string of the molecule is Cc1ccc(NS(=O)(=O)c2cc(C(=O)NC(C)(C)C)ccc2Cl)cc1. The van der Waals surface area contributed by atoms with Crippen molar-refractivity contribution in [3.05, 3.63) is 58.6 Å². The van der Waals surface area contributed by atoms with E-state index in [1.165, 1.54) is 18.2 Å². The van der Waals surface area contributed by atoms with Gasteiger partial charge < -0.3 is 5.32 Å². The molecule has 25 heavy (non-hydrogen) atoms. The van der Waals surface area contributed by atoms with E-state index in [0.29, 0.717) is 5.69 Å². The molecule has 2 aromatic carbocycles. The molecule has 7 heteroatoms. The molecule has 134 valence electrons. The molecule has 2 aromatic rings. The molecule has 2 rings (SSSR count). The minimum absolute atomic E-state index is 0.0481. The normalized spacial score (nSPS) is 11.9. The minimum Gasteiger partial charge on any atom is -0.347 e. The molecule has 0 heterocycles. The summed E-state index contributed by atoms with van der Waals surface area (Å²) in [5.41, 5.74) is 1.23. The Balaban J connectivity index is 2.35. The van der Waals surface area contributed by atoms with Gasteiger partial charge in [-0.25, -0.2) is 8.42 Å². The van der Waals surface area contributed by atoms with Crippen molar-refractivity contribution in [1.82, 2.24) is 5.32 Å². The van der Waals surface area contributed by atoms with Crippen LogP contribution in [0.2, 0.25) is 5.02 Å². The highest BCUT2D eigenvalue weighted by molar-refractivity contribution is 7.92. The Labute approximate surface area is 153 Å². The highest BCUT2D eigenvalue weighted by Crippen LogP contribution is 2.25. The van der Waals surface area contributed by atoms with Crippen molar-refractivity contribution < 1.29 is 13.2 Å². The predicted octanol–water partition coefficient (Wildman–Crippen LogP) is 3.98. The second kappa shape index (κ2) is 7.06. The summed E-state index contributed by atoms with van der Waals surface area (Å²) in [4.78, 5) is 12.1. The first kappa shape index (κ1) is 19.3. The third-order valence-electron chi connectivity index (χ3n) is 3.28. The number of nitrogens with one attached hydrogen (secondary N) is 2. The van der Waals surface area contributed by atoms with Crippen molar-refractivity contribution >= 4 is 33.2 Å². The molecule has 0 radical (unpaired) electrons. The molecule has 0 aliphatic carbocycles. The van der Waals surface area contributed by atoms with E-state index >= 15 is 0 Å². The summed E-state index contributed by atoms with van der Waals surface area (Å²) < 4.78 is 27.8. The van der Waals surface area contributed by atoms with Gasteiger partial charge in [-0.05, 0) is 58.0 Å². The molecule has 0 spiro atoms. The quantitative estimate of drug-likeness (QED) is 0.842. The minimum atomic E-state index is -3.92. The van der Waals surface area contributed by atoms with Gasteiger partial charge in [0.05, 0.1) is 5.02 Å². The third-order valence-corrected chi connectivity index (χ3v) is 5.14. The van der Waals surface area contributed by atoms with Crippen LogP contribution < -0.4 is 10.0 Å². The Hall–Kier alpha value is -2.05. The highest BCUT2D eigenvalue weighted by atomic mass is 35.5. The van der Waals surface area contributed by atoms with Crippen molar-refractivity contribution in [1.29, 1.82) is 0 Å². The van der Waals surface area contributed by atoms with Crippen LogP contribution in [0, 0.1) is 6.92 Å². The van der Waals surface area contributed by atoms with E-state index in [-0.39, 0.29) is 21.4 Å². The molecule has 0 aliphatic rings. The number of carbonyl (C=O) groups is 1. The van der Waals surface area contributed by atoms with Crippen LogP contribution in [0.1, 0.15) is 36.7 Å². The summed E-state index contributed by atoms with van der Waals surface area (Å²) in [7, 11) is -3.92. The number of amides is 1. The maximum atomic E-state index is 12.6. The summed E-state index contributed by atoms with van der Waals surface area (Å²) in [5, 5.41) is 2.84. The van der Waals surface area contributed by atoms with Gasteiger partial charge in [-0.2, -0.15) is 0 Å². The Bertz CT molecular complexity index is 886. The summed E-state index contributed by atoms with van der Waals surface area (Å²) in [6.45, 7) is 7.44. The Morgan fingerprint density at radius 3 is 2.20 bits per heavy atom. The zero-order valence-corrected chi connectivity index (χ0v) is 16.1. The summed E-state index contributed by atoms with van der Waals surface area (Å²) in [6, 6.07) is 11.1. The fraction of sp³-hybridized carbons (Fsp3) is 0.278. The van der Waals surface area contributed by atoms with E-state index < -0.39 is 15.6 Å². The molecule has 0 unspecified atom stereocenters. The van der Waals surface area contributed by atoms with Gasteiger partial charge in [-0.3, -0.25) is 9.52 Å². The zero-order valence-electron chi connectivity index (χ0n) is 14.6. The molecule has 0 saturated heterocycles. The molecular weight excluding hydrogens is 360 g/mol. The van der Waals surface area contributed by atoms with Crippen LogP contribution in [0.15, 0.2) is 47.4 Å². The van der Waals surface area contributed by atoms with Crippen LogP contribution in [-0.4, -0.2) is 19.9 Å². The monoisotopic (exact) mass is 380 g/mol. The topological polar surface area (TPSA) is 75.3 Å². The van der Waals surface area contributed by atoms with Crippen LogP contribution in [0.4, 0.5) is 5.69 Å². The smallest absolute Gasteiger partial charge is 0.263 e. The number of carbonyl (C=O) groups excluding carboxylic acids is 1. The predicted molar refractivity (Wildman–Crippen MR) is 101 cm³/mol. The number of sulfonamides is 1. The third kappa shape index (κ3) is 5.21. The van der Waals surface area contributed by atoms with Gasteiger partial charge in [0.25, 0.3) is 15.9 Å². The molecule has 2 N–H and O–H groups in total. The maximum absolute atomic E-state index is 12.6. The molecular formula is C18H21ClN2O3S. The molecule has 0 aromatic heterocycles. The van der Waals surface area contributed by atoms with E-state index in [4.69, 9.17) is 11.6 Å². The summed E-state index contributed by atoms with van der Waals surface area (Å²) in [6.07, 6.45) is 0. The molecule has 1 amide bonds. The van der Waals surface area contributed by atoms with E-state index in [0.717, 1.165) is 5.56 Å². The standard InChI is InChI=1S/C18H21ClN2O3S/c1-12-5-8-14(9-6-12)21-25(23,24)16-11-13(7-10-15(16)19)17(22)20-18(2,3)4/h5-11,21H,1-4H3,(H,20,22). The van der Waals surface area contributed by atoms with Crippen molar-refractivity contribution in [3.8, 4) is 0 Å². The van der Waals surface area contributed by atoms with Gasteiger partial charge >= 0.3 is 0 Å². The first-order valence-corrected chi connectivity index (χ1v) is 9.56. The van der Waals surface area contributed by atoms with Crippen LogP contribution >= 0.6 is 11.6 Å². The van der Waals surface area contributed by atoms with Crippen LogP contribution in [-0.2, 0) is 10.0 Å². The number of rotatable bonds is 4. The first-order valence-electron chi connectivity index (χ1n) is 7.69. The second-order valence-corrected chi connectivity index (χ2v) is 8.88. The molecule has 0 bridgehead atoms. The lowest BCUT2D eigenvalue weighted by Gasteiger charge is -2.20. The molecule has 0 saturated carbocycles. The van der Waals surface area contributed by atoms with Crippen molar-refractivity contribution in [2.45, 2.75) is 38.1 Å². The summed E-state index contributed by atoms with van der Waals surface area (Å²) in [5.74, 6) is -0.365. The fourth-order valence-electron chi connectivity index (χ4n) is 2.10. The fourth-order valence-corrected chi connectivity index (χ4v) is 3.68. The largest absolute Gasteiger partial charge is 0.347 e. The van der Waals surface area contributed by atoms with Crippen molar-refractivity contribution in [3.63, 3.8) is 0 Å². The number of benzene rings is 2. The van der Waals surface area contributed by atoms with E-state index in [9.17, 15) is 13.2 Å². The van der Waals surface area contributed by atoms with Gasteiger partial charge in [-0.1, -0.05) is 29.3 Å². The van der Waals surface area contributed by atoms with Gasteiger partial charge in [0.1, 0.15) is 4.90 Å². The molecule has 0 aliphatic heterocycles. The highest BCUT2D eigenvalue weighted by Gasteiger charge is 2.22. The second-order valence-electron chi connectivity index (χ2n) is 6.82. The number of hydrogen-bond donors (Lipinski definition) is 2. The van der Waals surface area contributed by atoms with E-state index in [1.807, 2.05) is 27.7 Å². The van der Waals surface area contributed by atoms with Crippen LogP contribution in [0.25, 0.3) is 0 Å². The van der Waals surface area contributed by atoms with E-state index in [1.54, 1.807) is 24.3 Å². The molecule has 0 fully saturated rings. The number of halogens is 1. The average molecular weight is 381 g/mol. The Morgan fingerprint density at radius 2 is 1.64 bits per heavy atom. The molecule has 0 atom stereocenters. The average Bonchev–Trinajstić information content (AvgIpc) is 2.48. The van der Waals surface area contributed by atoms with E-state index in [2.05, 4.69) is 10.0 Å². The lowest BCUT2D eigenvalue weighted by atomic mass is 10.1. The maximum Gasteiger partial charge on any atom is 0.263 e. The number of aryl methyl sites for hydroxylation is 1. The van der Waals surface area contributed by atoms with Crippen molar-refractivity contribution in [2.24, 2.45) is 0 Å². The van der Waals surface area contributed by atoms with Gasteiger partial charge in [0.2, 0.25) is 0 Å². The van der Waals surface area contributed by atoms with Crippen LogP contribution in [0.5, 0.6) is 0 Å².